The Morgan fingerprint density at radius 2 is 2.17 bits per heavy atom. The number of hydrogen-bond donors (Lipinski definition) is 1. The van der Waals surface area contributed by atoms with Crippen molar-refractivity contribution in [3.05, 3.63) is 23.4 Å². The summed E-state index contributed by atoms with van der Waals surface area (Å²) in [5, 5.41) is 3.45. The van der Waals surface area contributed by atoms with Gasteiger partial charge in [-0.3, -0.25) is 0 Å². The van der Waals surface area contributed by atoms with E-state index in [2.05, 4.69) is 36.3 Å². The lowest BCUT2D eigenvalue weighted by molar-refractivity contribution is 0.287. The minimum atomic E-state index is 0.679. The van der Waals surface area contributed by atoms with Crippen LogP contribution in [-0.2, 0) is 6.54 Å². The van der Waals surface area contributed by atoms with E-state index in [-0.39, 0.29) is 0 Å². The van der Waals surface area contributed by atoms with Crippen molar-refractivity contribution >= 4 is 0 Å². The first-order valence-electron chi connectivity index (χ1n) is 6.94. The smallest absolute Gasteiger partial charge is 0.213 e. The number of pyridine rings is 1. The summed E-state index contributed by atoms with van der Waals surface area (Å²) >= 11 is 0. The van der Waals surface area contributed by atoms with Crippen molar-refractivity contribution in [2.45, 2.75) is 40.2 Å². The van der Waals surface area contributed by atoms with E-state index in [0.717, 1.165) is 37.2 Å². The molecule has 1 N–H and O–H groups in total. The van der Waals surface area contributed by atoms with E-state index in [1.54, 1.807) is 0 Å². The molecule has 3 heteroatoms. The van der Waals surface area contributed by atoms with Crippen molar-refractivity contribution < 1.29 is 4.74 Å². The monoisotopic (exact) mass is 248 g/mol. The fourth-order valence-electron chi connectivity index (χ4n) is 1.88. The molecule has 0 spiro atoms. The SMILES string of the molecule is Cc1cc(CNCC(C)C)cc(OCC2CC2)n1. The molecule has 1 aromatic rings. The average Bonchev–Trinajstić information content (AvgIpc) is 3.09. The van der Waals surface area contributed by atoms with Crippen LogP contribution in [0.3, 0.4) is 0 Å². The summed E-state index contributed by atoms with van der Waals surface area (Å²) in [6.07, 6.45) is 2.63. The Morgan fingerprint density at radius 3 is 2.83 bits per heavy atom. The van der Waals surface area contributed by atoms with Crippen LogP contribution in [0.2, 0.25) is 0 Å². The quantitative estimate of drug-likeness (QED) is 0.805. The highest BCUT2D eigenvalue weighted by Crippen LogP contribution is 2.29. The fourth-order valence-corrected chi connectivity index (χ4v) is 1.88. The van der Waals surface area contributed by atoms with E-state index in [1.807, 2.05) is 6.92 Å². The van der Waals surface area contributed by atoms with Crippen molar-refractivity contribution in [1.29, 1.82) is 0 Å². The van der Waals surface area contributed by atoms with Crippen molar-refractivity contribution in [2.75, 3.05) is 13.2 Å². The lowest BCUT2D eigenvalue weighted by Crippen LogP contribution is -2.19. The predicted molar refractivity (Wildman–Crippen MR) is 73.7 cm³/mol. The first-order valence-corrected chi connectivity index (χ1v) is 6.94. The summed E-state index contributed by atoms with van der Waals surface area (Å²) < 4.78 is 5.74. The molecule has 1 aliphatic carbocycles. The van der Waals surface area contributed by atoms with Gasteiger partial charge in [-0.2, -0.15) is 0 Å². The Labute approximate surface area is 110 Å². The maximum Gasteiger partial charge on any atom is 0.213 e. The van der Waals surface area contributed by atoms with Crippen molar-refractivity contribution in [2.24, 2.45) is 11.8 Å². The van der Waals surface area contributed by atoms with Gasteiger partial charge in [0.05, 0.1) is 6.61 Å². The number of nitrogens with zero attached hydrogens (tertiary/aromatic N) is 1. The van der Waals surface area contributed by atoms with Gasteiger partial charge in [0, 0.05) is 18.3 Å². The molecule has 1 aromatic heterocycles. The predicted octanol–water partition coefficient (Wildman–Crippen LogP) is 2.92. The zero-order chi connectivity index (χ0) is 13.0. The molecule has 1 heterocycles. The number of aryl methyl sites for hydroxylation is 1. The minimum Gasteiger partial charge on any atom is -0.477 e. The first-order chi connectivity index (χ1) is 8.63. The van der Waals surface area contributed by atoms with Gasteiger partial charge in [-0.25, -0.2) is 4.98 Å². The molecular formula is C15H24N2O. The van der Waals surface area contributed by atoms with Crippen LogP contribution in [0.1, 0.15) is 37.9 Å². The Bertz CT molecular complexity index is 386. The molecule has 3 nitrogen and oxygen atoms in total. The zero-order valence-electron chi connectivity index (χ0n) is 11.7. The highest BCUT2D eigenvalue weighted by atomic mass is 16.5. The molecule has 1 fully saturated rings. The van der Waals surface area contributed by atoms with E-state index in [9.17, 15) is 0 Å². The van der Waals surface area contributed by atoms with Gasteiger partial charge >= 0.3 is 0 Å². The van der Waals surface area contributed by atoms with Gasteiger partial charge in [0.2, 0.25) is 5.88 Å². The third-order valence-corrected chi connectivity index (χ3v) is 3.04. The molecule has 0 aliphatic heterocycles. The second-order valence-electron chi connectivity index (χ2n) is 5.73. The Kier molecular flexibility index (Phi) is 4.59. The Morgan fingerprint density at radius 1 is 1.39 bits per heavy atom. The summed E-state index contributed by atoms with van der Waals surface area (Å²) in [6, 6.07) is 4.18. The van der Waals surface area contributed by atoms with Crippen LogP contribution in [0.4, 0.5) is 0 Å². The van der Waals surface area contributed by atoms with Crippen LogP contribution < -0.4 is 10.1 Å². The highest BCUT2D eigenvalue weighted by Gasteiger charge is 2.22. The molecule has 0 bridgehead atoms. The fraction of sp³-hybridized carbons (Fsp3) is 0.667. The molecule has 2 rings (SSSR count). The number of ether oxygens (including phenoxy) is 1. The summed E-state index contributed by atoms with van der Waals surface area (Å²) in [7, 11) is 0. The van der Waals surface area contributed by atoms with Gasteiger partial charge in [-0.15, -0.1) is 0 Å². The van der Waals surface area contributed by atoms with Gasteiger partial charge in [0.25, 0.3) is 0 Å². The largest absolute Gasteiger partial charge is 0.477 e. The van der Waals surface area contributed by atoms with E-state index < -0.39 is 0 Å². The maximum absolute atomic E-state index is 5.74. The molecule has 0 atom stereocenters. The van der Waals surface area contributed by atoms with Crippen molar-refractivity contribution in [3.8, 4) is 5.88 Å². The van der Waals surface area contributed by atoms with Crippen molar-refractivity contribution in [1.82, 2.24) is 10.3 Å². The molecular weight excluding hydrogens is 224 g/mol. The van der Waals surface area contributed by atoms with Crippen LogP contribution in [-0.4, -0.2) is 18.1 Å². The second-order valence-corrected chi connectivity index (χ2v) is 5.73. The molecule has 0 saturated heterocycles. The third kappa shape index (κ3) is 4.65. The summed E-state index contributed by atoms with van der Waals surface area (Å²) in [4.78, 5) is 4.43. The molecule has 0 amide bonds. The van der Waals surface area contributed by atoms with Crippen LogP contribution in [0.25, 0.3) is 0 Å². The van der Waals surface area contributed by atoms with Gasteiger partial charge in [-0.1, -0.05) is 13.8 Å². The number of rotatable bonds is 7. The van der Waals surface area contributed by atoms with Crippen LogP contribution in [0.5, 0.6) is 5.88 Å². The van der Waals surface area contributed by atoms with E-state index in [4.69, 9.17) is 4.74 Å². The van der Waals surface area contributed by atoms with E-state index >= 15 is 0 Å². The molecule has 0 aromatic carbocycles. The number of nitrogens with one attached hydrogen (secondary N) is 1. The zero-order valence-corrected chi connectivity index (χ0v) is 11.7. The van der Waals surface area contributed by atoms with Crippen LogP contribution in [0.15, 0.2) is 12.1 Å². The average molecular weight is 248 g/mol. The van der Waals surface area contributed by atoms with Gasteiger partial charge < -0.3 is 10.1 Å². The summed E-state index contributed by atoms with van der Waals surface area (Å²) in [5.41, 5.74) is 2.29. The number of hydrogen-bond acceptors (Lipinski definition) is 3. The maximum atomic E-state index is 5.74. The Hall–Kier alpha value is -1.09. The van der Waals surface area contributed by atoms with Gasteiger partial charge in [0.1, 0.15) is 0 Å². The normalized spacial score (nSPS) is 15.1. The van der Waals surface area contributed by atoms with Crippen molar-refractivity contribution in [3.63, 3.8) is 0 Å². The lowest BCUT2D eigenvalue weighted by Gasteiger charge is -2.10. The summed E-state index contributed by atoms with van der Waals surface area (Å²) in [5.74, 6) is 2.23. The van der Waals surface area contributed by atoms with Crippen LogP contribution >= 0.6 is 0 Å². The second kappa shape index (κ2) is 6.19. The van der Waals surface area contributed by atoms with Gasteiger partial charge in [0.15, 0.2) is 0 Å². The first kappa shape index (κ1) is 13.3. The van der Waals surface area contributed by atoms with E-state index in [0.29, 0.717) is 5.92 Å². The molecule has 0 radical (unpaired) electrons. The Balaban J connectivity index is 1.87. The standard InChI is InChI=1S/C15H24N2O/c1-11(2)8-16-9-14-6-12(3)17-15(7-14)18-10-13-4-5-13/h6-7,11,13,16H,4-5,8-10H2,1-3H3. The summed E-state index contributed by atoms with van der Waals surface area (Å²) in [6.45, 7) is 9.22. The van der Waals surface area contributed by atoms with Crippen LogP contribution in [0, 0.1) is 18.8 Å². The molecule has 100 valence electrons. The highest BCUT2D eigenvalue weighted by molar-refractivity contribution is 5.24. The number of aromatic nitrogens is 1. The molecule has 1 aliphatic rings. The topological polar surface area (TPSA) is 34.1 Å². The molecule has 0 unspecified atom stereocenters. The molecule has 1 saturated carbocycles. The lowest BCUT2D eigenvalue weighted by atomic mass is 10.2. The third-order valence-electron chi connectivity index (χ3n) is 3.04. The minimum absolute atomic E-state index is 0.679. The van der Waals surface area contributed by atoms with Gasteiger partial charge in [-0.05, 0) is 49.8 Å². The van der Waals surface area contributed by atoms with E-state index in [1.165, 1.54) is 18.4 Å². The molecule has 18 heavy (non-hydrogen) atoms.